The normalized spacial score (nSPS) is 11.3. The largest absolute Gasteiger partial charge is 1.00 e. The summed E-state index contributed by atoms with van der Waals surface area (Å²) in [6.07, 6.45) is 14.1. The molecule has 0 fully saturated rings. The third-order valence-corrected chi connectivity index (χ3v) is 5.23. The fraction of sp³-hybridized carbons (Fsp3) is 0.684. The molecule has 1 N–H and O–H groups in total. The molecule has 138 valence electrons. The molecule has 0 heterocycles. The average molecular weight is 379 g/mol. The molecular weight excluding hydrogens is 347 g/mol. The maximum atomic E-state index is 11.7. The second kappa shape index (κ2) is 14.0. The van der Waals surface area contributed by atoms with Gasteiger partial charge in [0.2, 0.25) is 0 Å². The first-order valence-corrected chi connectivity index (χ1v) is 10.7. The second-order valence-electron chi connectivity index (χ2n) is 6.53. The zero-order valence-electron chi connectivity index (χ0n) is 15.8. The van der Waals surface area contributed by atoms with Crippen molar-refractivity contribution in [2.45, 2.75) is 88.9 Å². The van der Waals surface area contributed by atoms with Crippen molar-refractivity contribution >= 4 is 10.1 Å². The zero-order chi connectivity index (χ0) is 17.8. The molecule has 0 aliphatic heterocycles. The van der Waals surface area contributed by atoms with E-state index in [1.807, 2.05) is 0 Å². The Hall–Kier alpha value is -0.0700. The number of hydrogen-bond donors (Lipinski definition) is 1. The first kappa shape index (κ1) is 24.9. The minimum absolute atomic E-state index is 0. The topological polar surface area (TPSA) is 77.4 Å². The van der Waals surface area contributed by atoms with Crippen LogP contribution in [-0.2, 0) is 16.5 Å². The van der Waals surface area contributed by atoms with Crippen molar-refractivity contribution in [3.05, 3.63) is 23.8 Å². The summed E-state index contributed by atoms with van der Waals surface area (Å²) in [6.45, 7) is 2.23. The number of aryl methyl sites for hydroxylation is 1. The van der Waals surface area contributed by atoms with E-state index in [1.165, 1.54) is 63.5 Å². The van der Waals surface area contributed by atoms with Crippen LogP contribution < -0.4 is 34.7 Å². The number of unbranched alkanes of at least 4 members (excludes halogenated alkanes) is 10. The van der Waals surface area contributed by atoms with Crippen molar-refractivity contribution in [3.8, 4) is 5.75 Å². The van der Waals surface area contributed by atoms with Gasteiger partial charge < -0.3 is 5.11 Å². The molecule has 0 amide bonds. The van der Waals surface area contributed by atoms with Crippen molar-refractivity contribution in [1.29, 1.82) is 0 Å². The summed E-state index contributed by atoms with van der Waals surface area (Å²) >= 11 is 0. The summed E-state index contributed by atoms with van der Waals surface area (Å²) in [7, 11) is -4.24. The Kier molecular flexibility index (Phi) is 14.0. The van der Waals surface area contributed by atoms with Gasteiger partial charge in [0.15, 0.2) is 0 Å². The summed E-state index contributed by atoms with van der Waals surface area (Å²) < 4.78 is 31.3. The van der Waals surface area contributed by atoms with Gasteiger partial charge in [-0.05, 0) is 25.0 Å². The van der Waals surface area contributed by atoms with Gasteiger partial charge in [0.25, 0.3) is 10.1 Å². The standard InChI is InChI=1S/C19H32O4S.Na/c1-2-3-4-5-6-7-8-9-10-11-12-13-17-16-18(24(21,22)23)14-15-19(17)20;/h14-16,20H,2-13H2,1H3,(H,21,22,23);/q;+1/p-1. The Morgan fingerprint density at radius 2 is 1.36 bits per heavy atom. The van der Waals surface area contributed by atoms with Crippen LogP contribution in [0.3, 0.4) is 0 Å². The Bertz CT molecular complexity index is 573. The molecule has 0 radical (unpaired) electrons. The molecule has 0 saturated heterocycles. The third kappa shape index (κ3) is 11.3. The van der Waals surface area contributed by atoms with E-state index in [4.69, 9.17) is 4.55 Å². The van der Waals surface area contributed by atoms with E-state index in [0.29, 0.717) is 12.0 Å². The predicted octanol–water partition coefficient (Wildman–Crippen LogP) is 1.86. The SMILES string of the molecule is CCCCCCCCCCCCCc1cc(S(=O)(=O)O)ccc1[O-].[Na+]. The van der Waals surface area contributed by atoms with Crippen molar-refractivity contribution in [1.82, 2.24) is 0 Å². The Morgan fingerprint density at radius 3 is 1.84 bits per heavy atom. The number of hydrogen-bond acceptors (Lipinski definition) is 3. The molecular formula is C19H31NaO4S. The van der Waals surface area contributed by atoms with Crippen LogP contribution >= 0.6 is 0 Å². The van der Waals surface area contributed by atoms with Gasteiger partial charge in [0.05, 0.1) is 4.90 Å². The zero-order valence-corrected chi connectivity index (χ0v) is 18.6. The smallest absolute Gasteiger partial charge is 0.872 e. The monoisotopic (exact) mass is 378 g/mol. The molecule has 1 aromatic rings. The Labute approximate surface area is 175 Å². The Morgan fingerprint density at radius 1 is 0.880 bits per heavy atom. The quantitative estimate of drug-likeness (QED) is 0.323. The summed E-state index contributed by atoms with van der Waals surface area (Å²) in [6, 6.07) is 3.67. The van der Waals surface area contributed by atoms with Crippen molar-refractivity contribution in [2.24, 2.45) is 0 Å². The van der Waals surface area contributed by atoms with Gasteiger partial charge in [-0.2, -0.15) is 8.42 Å². The van der Waals surface area contributed by atoms with Gasteiger partial charge in [0, 0.05) is 0 Å². The van der Waals surface area contributed by atoms with Crippen LogP contribution in [-0.4, -0.2) is 13.0 Å². The molecule has 0 aliphatic rings. The fourth-order valence-electron chi connectivity index (χ4n) is 2.89. The minimum atomic E-state index is -4.24. The molecule has 6 heteroatoms. The molecule has 0 saturated carbocycles. The molecule has 25 heavy (non-hydrogen) atoms. The molecule has 1 rings (SSSR count). The first-order valence-electron chi connectivity index (χ1n) is 9.22. The average Bonchev–Trinajstić information content (AvgIpc) is 2.53. The molecule has 0 unspecified atom stereocenters. The van der Waals surface area contributed by atoms with Crippen LogP contribution in [0.1, 0.15) is 83.1 Å². The summed E-state index contributed by atoms with van der Waals surface area (Å²) in [4.78, 5) is -0.194. The molecule has 0 spiro atoms. The van der Waals surface area contributed by atoms with Gasteiger partial charge in [0.1, 0.15) is 0 Å². The molecule has 4 nitrogen and oxygen atoms in total. The minimum Gasteiger partial charge on any atom is -0.872 e. The van der Waals surface area contributed by atoms with E-state index in [-0.39, 0.29) is 40.2 Å². The van der Waals surface area contributed by atoms with Crippen LogP contribution in [0.4, 0.5) is 0 Å². The summed E-state index contributed by atoms with van der Waals surface area (Å²) in [5.41, 5.74) is 0.473. The van der Waals surface area contributed by atoms with E-state index in [2.05, 4.69) is 6.92 Å². The summed E-state index contributed by atoms with van der Waals surface area (Å²) in [5, 5.41) is 11.7. The van der Waals surface area contributed by atoms with Gasteiger partial charge in [-0.25, -0.2) is 0 Å². The van der Waals surface area contributed by atoms with E-state index in [1.54, 1.807) is 0 Å². The van der Waals surface area contributed by atoms with Crippen LogP contribution in [0.5, 0.6) is 5.75 Å². The van der Waals surface area contributed by atoms with Gasteiger partial charge in [-0.1, -0.05) is 82.8 Å². The van der Waals surface area contributed by atoms with Gasteiger partial charge >= 0.3 is 29.6 Å². The van der Waals surface area contributed by atoms with Crippen LogP contribution in [0, 0.1) is 0 Å². The van der Waals surface area contributed by atoms with Crippen LogP contribution in [0.25, 0.3) is 0 Å². The predicted molar refractivity (Wildman–Crippen MR) is 95.9 cm³/mol. The third-order valence-electron chi connectivity index (χ3n) is 4.38. The molecule has 0 atom stereocenters. The maximum Gasteiger partial charge on any atom is 1.00 e. The molecule has 0 aromatic heterocycles. The fourth-order valence-corrected chi connectivity index (χ4v) is 3.42. The van der Waals surface area contributed by atoms with Crippen LogP contribution in [0.2, 0.25) is 0 Å². The van der Waals surface area contributed by atoms with Gasteiger partial charge in [-0.3, -0.25) is 4.55 Å². The van der Waals surface area contributed by atoms with E-state index >= 15 is 0 Å². The maximum absolute atomic E-state index is 11.7. The van der Waals surface area contributed by atoms with Crippen molar-refractivity contribution < 1.29 is 47.6 Å². The number of benzene rings is 1. The second-order valence-corrected chi connectivity index (χ2v) is 7.95. The molecule has 0 bridgehead atoms. The van der Waals surface area contributed by atoms with Gasteiger partial charge in [-0.15, -0.1) is 5.75 Å². The summed E-state index contributed by atoms with van der Waals surface area (Å²) in [5.74, 6) is -0.158. The van der Waals surface area contributed by atoms with E-state index in [0.717, 1.165) is 25.3 Å². The van der Waals surface area contributed by atoms with Crippen LogP contribution in [0.15, 0.2) is 23.1 Å². The van der Waals surface area contributed by atoms with E-state index in [9.17, 15) is 13.5 Å². The first-order chi connectivity index (χ1) is 11.4. The molecule has 0 aliphatic carbocycles. The van der Waals surface area contributed by atoms with E-state index < -0.39 is 10.1 Å². The number of rotatable bonds is 13. The van der Waals surface area contributed by atoms with Crippen molar-refractivity contribution in [3.63, 3.8) is 0 Å². The molecule has 1 aromatic carbocycles. The Balaban J connectivity index is 0.00000576. The van der Waals surface area contributed by atoms with Crippen molar-refractivity contribution in [2.75, 3.05) is 0 Å².